The first-order valence-electron chi connectivity index (χ1n) is 8.90. The molecule has 2 heterocycles. The van der Waals surface area contributed by atoms with Gasteiger partial charge in [-0.1, -0.05) is 18.6 Å². The van der Waals surface area contributed by atoms with Gasteiger partial charge in [0.2, 0.25) is 0 Å². The Labute approximate surface area is 164 Å². The Morgan fingerprint density at radius 1 is 1.04 bits per heavy atom. The molecular formula is C20H22ClN5O. The summed E-state index contributed by atoms with van der Waals surface area (Å²) in [4.78, 5) is 12.4. The number of aryl methyl sites for hydroxylation is 1. The predicted octanol–water partition coefficient (Wildman–Crippen LogP) is 3.93. The largest absolute Gasteiger partial charge is 0.399 e. The van der Waals surface area contributed by atoms with E-state index in [1.165, 1.54) is 6.42 Å². The molecular weight excluding hydrogens is 362 g/mol. The summed E-state index contributed by atoms with van der Waals surface area (Å²) in [5, 5.41) is 11.7. The zero-order valence-electron chi connectivity index (χ0n) is 14.9. The molecule has 1 amide bonds. The maximum absolute atomic E-state index is 12.4. The molecule has 0 unspecified atom stereocenters. The van der Waals surface area contributed by atoms with Crippen molar-refractivity contribution in [2.75, 3.05) is 11.1 Å². The predicted molar refractivity (Wildman–Crippen MR) is 109 cm³/mol. The van der Waals surface area contributed by atoms with Gasteiger partial charge in [-0.25, -0.2) is 0 Å². The van der Waals surface area contributed by atoms with Gasteiger partial charge >= 0.3 is 0 Å². The smallest absolute Gasteiger partial charge is 0.255 e. The number of amides is 1. The Morgan fingerprint density at radius 3 is 2.67 bits per heavy atom. The van der Waals surface area contributed by atoms with Crippen LogP contribution in [0.5, 0.6) is 0 Å². The summed E-state index contributed by atoms with van der Waals surface area (Å²) in [5.41, 5.74) is 8.57. The van der Waals surface area contributed by atoms with Crippen LogP contribution in [-0.2, 0) is 13.0 Å². The number of anilines is 2. The maximum Gasteiger partial charge on any atom is 0.255 e. The van der Waals surface area contributed by atoms with E-state index in [0.717, 1.165) is 48.7 Å². The number of aromatic nitrogens is 3. The highest BCUT2D eigenvalue weighted by atomic mass is 35.5. The fraction of sp³-hybridized carbons (Fsp3) is 0.250. The first-order chi connectivity index (χ1) is 12.7. The molecule has 1 aromatic heterocycles. The van der Waals surface area contributed by atoms with Crippen LogP contribution in [0.3, 0.4) is 0 Å². The van der Waals surface area contributed by atoms with Crippen molar-refractivity contribution in [3.05, 3.63) is 59.9 Å². The van der Waals surface area contributed by atoms with Gasteiger partial charge in [-0.05, 0) is 49.2 Å². The first kappa shape index (κ1) is 18.9. The van der Waals surface area contributed by atoms with Gasteiger partial charge in [-0.15, -0.1) is 22.6 Å². The van der Waals surface area contributed by atoms with Gasteiger partial charge in [0.25, 0.3) is 5.91 Å². The van der Waals surface area contributed by atoms with Gasteiger partial charge in [-0.3, -0.25) is 4.79 Å². The monoisotopic (exact) mass is 383 g/mol. The lowest BCUT2D eigenvalue weighted by Gasteiger charge is -2.09. The number of nitrogens with zero attached hydrogens (tertiary/aromatic N) is 3. The summed E-state index contributed by atoms with van der Waals surface area (Å²) in [5.74, 6) is 1.75. The quantitative estimate of drug-likeness (QED) is 0.671. The minimum absolute atomic E-state index is 0. The van der Waals surface area contributed by atoms with Gasteiger partial charge in [-0.2, -0.15) is 0 Å². The molecule has 2 aromatic carbocycles. The molecule has 0 bridgehead atoms. The van der Waals surface area contributed by atoms with Crippen LogP contribution >= 0.6 is 12.4 Å². The van der Waals surface area contributed by atoms with E-state index in [-0.39, 0.29) is 18.3 Å². The van der Waals surface area contributed by atoms with Gasteiger partial charge in [0.05, 0.1) is 0 Å². The first-order valence-corrected chi connectivity index (χ1v) is 8.90. The Balaban J connectivity index is 0.00000210. The standard InChI is InChI=1S/C20H21N5O.ClH/c21-16-10-8-14(9-11-16)20(26)22-17-6-4-5-15(13-17)19-24-23-18-7-2-1-3-12-25(18)19;/h4-6,8-11,13H,1-3,7,12,21H2,(H,22,26);1H. The second-order valence-corrected chi connectivity index (χ2v) is 6.56. The Bertz CT molecular complexity index is 936. The lowest BCUT2D eigenvalue weighted by atomic mass is 10.1. The fourth-order valence-electron chi connectivity index (χ4n) is 3.27. The maximum atomic E-state index is 12.4. The average molecular weight is 384 g/mol. The van der Waals surface area contributed by atoms with Crippen LogP contribution in [0.1, 0.15) is 35.4 Å². The molecule has 27 heavy (non-hydrogen) atoms. The number of carbonyl (C=O) groups is 1. The molecule has 7 heteroatoms. The van der Waals surface area contributed by atoms with Crippen LogP contribution in [0.15, 0.2) is 48.5 Å². The Kier molecular flexibility index (Phi) is 5.76. The molecule has 0 saturated carbocycles. The van der Waals surface area contributed by atoms with Crippen LogP contribution < -0.4 is 11.1 Å². The van der Waals surface area contributed by atoms with Crippen LogP contribution in [0.4, 0.5) is 11.4 Å². The molecule has 0 atom stereocenters. The van der Waals surface area contributed by atoms with Gasteiger partial charge < -0.3 is 15.6 Å². The molecule has 6 nitrogen and oxygen atoms in total. The molecule has 1 aliphatic rings. The Hall–Kier alpha value is -2.86. The number of benzene rings is 2. The van der Waals surface area contributed by atoms with E-state index < -0.39 is 0 Å². The zero-order chi connectivity index (χ0) is 17.9. The molecule has 0 fully saturated rings. The van der Waals surface area contributed by atoms with Crippen molar-refractivity contribution in [3.63, 3.8) is 0 Å². The van der Waals surface area contributed by atoms with Crippen molar-refractivity contribution in [1.29, 1.82) is 0 Å². The highest BCUT2D eigenvalue weighted by Gasteiger charge is 2.16. The second-order valence-electron chi connectivity index (χ2n) is 6.56. The Morgan fingerprint density at radius 2 is 1.85 bits per heavy atom. The molecule has 140 valence electrons. The van der Waals surface area contributed by atoms with E-state index in [1.807, 2.05) is 24.3 Å². The molecule has 0 aliphatic carbocycles. The topological polar surface area (TPSA) is 85.8 Å². The number of nitrogens with one attached hydrogen (secondary N) is 1. The van der Waals surface area contributed by atoms with Gasteiger partial charge in [0.1, 0.15) is 5.82 Å². The van der Waals surface area contributed by atoms with E-state index in [0.29, 0.717) is 11.3 Å². The zero-order valence-corrected chi connectivity index (χ0v) is 15.7. The summed E-state index contributed by atoms with van der Waals surface area (Å²) >= 11 is 0. The minimum atomic E-state index is -0.165. The third-order valence-corrected chi connectivity index (χ3v) is 4.66. The molecule has 3 aromatic rings. The molecule has 0 saturated heterocycles. The number of hydrogen-bond acceptors (Lipinski definition) is 4. The summed E-state index contributed by atoms with van der Waals surface area (Å²) in [6, 6.07) is 14.6. The van der Waals surface area contributed by atoms with Crippen molar-refractivity contribution in [1.82, 2.24) is 14.8 Å². The number of nitrogen functional groups attached to an aromatic ring is 1. The lowest BCUT2D eigenvalue weighted by Crippen LogP contribution is -2.12. The van der Waals surface area contributed by atoms with Crippen molar-refractivity contribution < 1.29 is 4.79 Å². The number of halogens is 1. The van der Waals surface area contributed by atoms with E-state index >= 15 is 0 Å². The summed E-state index contributed by atoms with van der Waals surface area (Å²) in [7, 11) is 0. The second kappa shape index (κ2) is 8.22. The normalized spacial score (nSPS) is 13.2. The molecule has 0 radical (unpaired) electrons. The van der Waals surface area contributed by atoms with E-state index in [9.17, 15) is 4.79 Å². The molecule has 0 spiro atoms. The summed E-state index contributed by atoms with van der Waals surface area (Å²) in [6.07, 6.45) is 4.50. The van der Waals surface area contributed by atoms with E-state index in [4.69, 9.17) is 5.73 Å². The van der Waals surface area contributed by atoms with Crippen molar-refractivity contribution >= 4 is 29.7 Å². The van der Waals surface area contributed by atoms with Crippen LogP contribution in [0.25, 0.3) is 11.4 Å². The number of fused-ring (bicyclic) bond motifs is 1. The lowest BCUT2D eigenvalue weighted by molar-refractivity contribution is 0.102. The molecule has 4 rings (SSSR count). The van der Waals surface area contributed by atoms with Crippen molar-refractivity contribution in [2.45, 2.75) is 32.2 Å². The number of carbonyl (C=O) groups excluding carboxylic acids is 1. The number of rotatable bonds is 3. The van der Waals surface area contributed by atoms with E-state index in [1.54, 1.807) is 24.3 Å². The van der Waals surface area contributed by atoms with Gasteiger partial charge in [0, 0.05) is 35.5 Å². The fourth-order valence-corrected chi connectivity index (χ4v) is 3.27. The average Bonchev–Trinajstić information content (AvgIpc) is 2.91. The number of hydrogen-bond donors (Lipinski definition) is 2. The van der Waals surface area contributed by atoms with Crippen LogP contribution in [0.2, 0.25) is 0 Å². The van der Waals surface area contributed by atoms with Crippen LogP contribution in [-0.4, -0.2) is 20.7 Å². The highest BCUT2D eigenvalue weighted by molar-refractivity contribution is 6.04. The SMILES string of the molecule is Cl.Nc1ccc(C(=O)Nc2cccc(-c3nnc4n3CCCCC4)c2)cc1. The summed E-state index contributed by atoms with van der Waals surface area (Å²) in [6.45, 7) is 0.944. The van der Waals surface area contributed by atoms with Crippen molar-refractivity contribution in [2.24, 2.45) is 0 Å². The molecule has 3 N–H and O–H groups in total. The number of nitrogens with two attached hydrogens (primary N) is 1. The minimum Gasteiger partial charge on any atom is -0.399 e. The third-order valence-electron chi connectivity index (χ3n) is 4.66. The van der Waals surface area contributed by atoms with Gasteiger partial charge in [0.15, 0.2) is 5.82 Å². The summed E-state index contributed by atoms with van der Waals surface area (Å²) < 4.78 is 2.20. The van der Waals surface area contributed by atoms with Crippen molar-refractivity contribution in [3.8, 4) is 11.4 Å². The van der Waals surface area contributed by atoms with Crippen LogP contribution in [0, 0.1) is 0 Å². The highest BCUT2D eigenvalue weighted by Crippen LogP contribution is 2.25. The van der Waals surface area contributed by atoms with E-state index in [2.05, 4.69) is 20.1 Å². The molecule has 1 aliphatic heterocycles. The third kappa shape index (κ3) is 4.11.